The van der Waals surface area contributed by atoms with E-state index in [1.54, 1.807) is 25.3 Å². The molecule has 0 aromatic carbocycles. The Kier molecular flexibility index (Phi) is 3.62. The Hall–Kier alpha value is -3.41. The smallest absolute Gasteiger partial charge is 0.276 e. The number of amides is 1. The maximum Gasteiger partial charge on any atom is 0.276 e. The van der Waals surface area contributed by atoms with Crippen molar-refractivity contribution in [1.82, 2.24) is 29.3 Å². The van der Waals surface area contributed by atoms with Crippen molar-refractivity contribution >= 4 is 11.4 Å². The fourth-order valence-electron chi connectivity index (χ4n) is 4.60. The van der Waals surface area contributed by atoms with Crippen LogP contribution in [0.5, 0.6) is 0 Å². The predicted octanol–water partition coefficient (Wildman–Crippen LogP) is 1.14. The van der Waals surface area contributed by atoms with Gasteiger partial charge in [-0.15, -0.1) is 5.10 Å². The third-order valence-corrected chi connectivity index (χ3v) is 6.05. The fraction of sp³-hybridized carbons (Fsp3) is 0.421. The van der Waals surface area contributed by atoms with E-state index in [9.17, 15) is 9.59 Å². The highest BCUT2D eigenvalue weighted by Crippen LogP contribution is 2.41. The molecule has 28 heavy (non-hydrogen) atoms. The minimum Gasteiger partial charge on any atom is -0.338 e. The molecule has 4 heterocycles. The lowest BCUT2D eigenvalue weighted by atomic mass is 10.0. The summed E-state index contributed by atoms with van der Waals surface area (Å²) in [5.74, 6) is 1.16. The summed E-state index contributed by atoms with van der Waals surface area (Å²) < 4.78 is 2.97. The summed E-state index contributed by atoms with van der Waals surface area (Å²) in [6, 6.07) is 5.78. The van der Waals surface area contributed by atoms with Crippen LogP contribution in [0.4, 0.5) is 0 Å². The van der Waals surface area contributed by atoms with E-state index >= 15 is 0 Å². The number of carbonyl (C=O) groups is 1. The van der Waals surface area contributed by atoms with E-state index in [0.29, 0.717) is 41.7 Å². The second kappa shape index (κ2) is 6.05. The molecule has 1 aliphatic carbocycles. The van der Waals surface area contributed by atoms with E-state index in [4.69, 9.17) is 5.26 Å². The first-order valence-corrected chi connectivity index (χ1v) is 9.36. The molecule has 1 N–H and O–H groups in total. The topological polar surface area (TPSA) is 112 Å². The van der Waals surface area contributed by atoms with E-state index in [1.807, 2.05) is 4.90 Å². The van der Waals surface area contributed by atoms with Crippen LogP contribution in [0.2, 0.25) is 0 Å². The van der Waals surface area contributed by atoms with Gasteiger partial charge >= 0.3 is 0 Å². The summed E-state index contributed by atoms with van der Waals surface area (Å²) in [5, 5.41) is 17.8. The van der Waals surface area contributed by atoms with Crippen molar-refractivity contribution in [2.45, 2.75) is 19.8 Å². The molecular weight excluding hydrogens is 358 g/mol. The number of aromatic nitrogens is 5. The van der Waals surface area contributed by atoms with Crippen LogP contribution in [0.15, 0.2) is 29.3 Å². The van der Waals surface area contributed by atoms with E-state index in [0.717, 1.165) is 12.8 Å². The standard InChI is InChI=1S/C19H19N7O2/c1-11-15(18(28)24-9-13-5-12(7-20)6-14(13)10-24)8-21-26(11)19-22-17(27)16-3-2-4-25(16)23-19/h2-4,8,12-14H,5-6,9-10H2,1H3,(H,22,23,27). The van der Waals surface area contributed by atoms with Gasteiger partial charge in [-0.05, 0) is 43.7 Å². The molecule has 1 saturated heterocycles. The molecule has 2 atom stereocenters. The van der Waals surface area contributed by atoms with Crippen molar-refractivity contribution in [3.05, 3.63) is 46.1 Å². The first kappa shape index (κ1) is 16.7. The minimum absolute atomic E-state index is 0.0592. The van der Waals surface area contributed by atoms with Gasteiger partial charge in [-0.25, -0.2) is 9.20 Å². The monoisotopic (exact) mass is 377 g/mol. The molecule has 1 saturated carbocycles. The molecule has 5 rings (SSSR count). The zero-order valence-corrected chi connectivity index (χ0v) is 15.4. The third-order valence-electron chi connectivity index (χ3n) is 6.05. The second-order valence-electron chi connectivity index (χ2n) is 7.70. The molecular formula is C19H19N7O2. The second-order valence-corrected chi connectivity index (χ2v) is 7.70. The fourth-order valence-corrected chi connectivity index (χ4v) is 4.60. The number of aromatic amines is 1. The predicted molar refractivity (Wildman–Crippen MR) is 98.9 cm³/mol. The van der Waals surface area contributed by atoms with Crippen molar-refractivity contribution in [3.8, 4) is 12.0 Å². The summed E-state index contributed by atoms with van der Waals surface area (Å²) in [6.45, 7) is 3.18. The Balaban J connectivity index is 1.42. The number of fused-ring (bicyclic) bond motifs is 2. The zero-order chi connectivity index (χ0) is 19.4. The summed E-state index contributed by atoms with van der Waals surface area (Å²) >= 11 is 0. The van der Waals surface area contributed by atoms with Crippen LogP contribution in [-0.4, -0.2) is 48.3 Å². The molecule has 0 spiro atoms. The molecule has 0 radical (unpaired) electrons. The van der Waals surface area contributed by atoms with Gasteiger partial charge in [0, 0.05) is 25.2 Å². The number of nitriles is 1. The number of likely N-dealkylation sites (tertiary alicyclic amines) is 1. The molecule has 3 aromatic heterocycles. The van der Waals surface area contributed by atoms with Crippen LogP contribution in [-0.2, 0) is 0 Å². The number of carbonyl (C=O) groups excluding carboxylic acids is 1. The molecule has 2 fully saturated rings. The Morgan fingerprint density at radius 1 is 1.32 bits per heavy atom. The Labute approximate surface area is 160 Å². The van der Waals surface area contributed by atoms with Gasteiger partial charge in [0.05, 0.1) is 23.5 Å². The van der Waals surface area contributed by atoms with Crippen LogP contribution >= 0.6 is 0 Å². The van der Waals surface area contributed by atoms with Crippen LogP contribution in [0.1, 0.15) is 28.9 Å². The molecule has 1 amide bonds. The normalized spacial score (nSPS) is 23.9. The summed E-state index contributed by atoms with van der Waals surface area (Å²) in [5.41, 5.74) is 1.32. The average molecular weight is 377 g/mol. The first-order valence-electron chi connectivity index (χ1n) is 9.36. The first-order chi connectivity index (χ1) is 13.5. The molecule has 9 heteroatoms. The van der Waals surface area contributed by atoms with Crippen molar-refractivity contribution in [3.63, 3.8) is 0 Å². The van der Waals surface area contributed by atoms with Crippen molar-refractivity contribution < 1.29 is 4.79 Å². The summed E-state index contributed by atoms with van der Waals surface area (Å²) in [6.07, 6.45) is 4.98. The van der Waals surface area contributed by atoms with E-state index in [2.05, 4.69) is 21.3 Å². The maximum absolute atomic E-state index is 13.0. The lowest BCUT2D eigenvalue weighted by Gasteiger charge is -2.17. The molecule has 3 aromatic rings. The van der Waals surface area contributed by atoms with Gasteiger partial charge in [0.1, 0.15) is 5.52 Å². The van der Waals surface area contributed by atoms with Crippen LogP contribution in [0, 0.1) is 36.0 Å². The molecule has 9 nitrogen and oxygen atoms in total. The van der Waals surface area contributed by atoms with Gasteiger partial charge in [-0.2, -0.15) is 10.4 Å². The number of H-pyrrole nitrogens is 1. The maximum atomic E-state index is 13.0. The lowest BCUT2D eigenvalue weighted by Crippen LogP contribution is -2.30. The van der Waals surface area contributed by atoms with Gasteiger partial charge in [0.2, 0.25) is 5.95 Å². The van der Waals surface area contributed by atoms with Crippen molar-refractivity contribution in [2.24, 2.45) is 17.8 Å². The zero-order valence-electron chi connectivity index (χ0n) is 15.4. The Bertz CT molecular complexity index is 1170. The number of hydrogen-bond acceptors (Lipinski definition) is 5. The summed E-state index contributed by atoms with van der Waals surface area (Å²) in [4.78, 5) is 29.8. The van der Waals surface area contributed by atoms with Gasteiger partial charge in [-0.3, -0.25) is 14.6 Å². The van der Waals surface area contributed by atoms with E-state index in [-0.39, 0.29) is 23.3 Å². The number of hydrogen-bond donors (Lipinski definition) is 1. The highest BCUT2D eigenvalue weighted by Gasteiger charge is 2.42. The number of nitrogens with zero attached hydrogens (tertiary/aromatic N) is 6. The molecule has 2 aliphatic rings. The van der Waals surface area contributed by atoms with Gasteiger partial charge in [-0.1, -0.05) is 0 Å². The lowest BCUT2D eigenvalue weighted by molar-refractivity contribution is 0.0778. The summed E-state index contributed by atoms with van der Waals surface area (Å²) in [7, 11) is 0. The molecule has 1 aliphatic heterocycles. The highest BCUT2D eigenvalue weighted by atomic mass is 16.2. The van der Waals surface area contributed by atoms with E-state index in [1.165, 1.54) is 15.4 Å². The van der Waals surface area contributed by atoms with E-state index < -0.39 is 0 Å². The largest absolute Gasteiger partial charge is 0.338 e. The van der Waals surface area contributed by atoms with Crippen LogP contribution in [0.25, 0.3) is 11.5 Å². The Morgan fingerprint density at radius 3 is 2.79 bits per heavy atom. The molecule has 142 valence electrons. The van der Waals surface area contributed by atoms with Crippen molar-refractivity contribution in [2.75, 3.05) is 13.1 Å². The van der Waals surface area contributed by atoms with Gasteiger partial charge in [0.15, 0.2) is 0 Å². The number of rotatable bonds is 2. The highest BCUT2D eigenvalue weighted by molar-refractivity contribution is 5.95. The quantitative estimate of drug-likeness (QED) is 0.720. The van der Waals surface area contributed by atoms with Crippen LogP contribution in [0.3, 0.4) is 0 Å². The van der Waals surface area contributed by atoms with Gasteiger partial charge in [0.25, 0.3) is 11.5 Å². The van der Waals surface area contributed by atoms with Crippen molar-refractivity contribution in [1.29, 1.82) is 5.26 Å². The molecule has 0 bridgehead atoms. The molecule has 2 unspecified atom stereocenters. The minimum atomic E-state index is -0.266. The average Bonchev–Trinajstić information content (AvgIpc) is 3.43. The SMILES string of the molecule is Cc1c(C(=O)N2CC3CC(C#N)CC3C2)cnn1-c1nn2cccc2c(=O)[nH]1. The van der Waals surface area contributed by atoms with Crippen LogP contribution < -0.4 is 5.56 Å². The Morgan fingerprint density at radius 2 is 2.07 bits per heavy atom. The third kappa shape index (κ3) is 2.45. The number of nitrogens with one attached hydrogen (secondary N) is 1. The van der Waals surface area contributed by atoms with Gasteiger partial charge < -0.3 is 4.90 Å².